The van der Waals surface area contributed by atoms with Gasteiger partial charge in [-0.05, 0) is 25.7 Å². The molecule has 4 heterocycles. The van der Waals surface area contributed by atoms with Crippen molar-refractivity contribution in [1.29, 1.82) is 0 Å². The zero-order valence-electron chi connectivity index (χ0n) is 14.8. The summed E-state index contributed by atoms with van der Waals surface area (Å²) in [5.41, 5.74) is 5.31. The minimum absolute atomic E-state index is 0.0453. The molecule has 0 fully saturated rings. The standard InChI is InChI=1S/2C9H14N2/c2*1-6(2)8-5-9(11-8)4-7(3)10-9/h2*6H,4-5H2,1-3H3. The Balaban J connectivity index is 0.000000131. The summed E-state index contributed by atoms with van der Waals surface area (Å²) >= 11 is 0. The monoisotopic (exact) mass is 300 g/mol. The fourth-order valence-corrected chi connectivity index (χ4v) is 3.60. The molecule has 0 aromatic carbocycles. The van der Waals surface area contributed by atoms with Gasteiger partial charge in [0.05, 0.1) is 0 Å². The molecule has 0 saturated carbocycles. The molecule has 0 saturated heterocycles. The summed E-state index contributed by atoms with van der Waals surface area (Å²) in [6.45, 7) is 12.9. The molecule has 0 bridgehead atoms. The molecule has 4 rings (SSSR count). The van der Waals surface area contributed by atoms with Crippen LogP contribution in [0.3, 0.4) is 0 Å². The molecule has 2 unspecified atom stereocenters. The first-order valence-corrected chi connectivity index (χ1v) is 8.50. The molecule has 0 amide bonds. The van der Waals surface area contributed by atoms with Crippen LogP contribution in [-0.2, 0) is 0 Å². The normalized spacial score (nSPS) is 34.5. The molecule has 4 aliphatic rings. The van der Waals surface area contributed by atoms with Crippen LogP contribution in [0.25, 0.3) is 0 Å². The van der Waals surface area contributed by atoms with Gasteiger partial charge in [-0.15, -0.1) is 0 Å². The van der Waals surface area contributed by atoms with Gasteiger partial charge in [-0.1, -0.05) is 27.7 Å². The molecule has 120 valence electrons. The molecule has 2 atom stereocenters. The minimum Gasteiger partial charge on any atom is -0.264 e. The van der Waals surface area contributed by atoms with Gasteiger partial charge in [0.15, 0.2) is 11.3 Å². The Morgan fingerprint density at radius 1 is 0.636 bits per heavy atom. The topological polar surface area (TPSA) is 49.4 Å². The van der Waals surface area contributed by atoms with E-state index in [0.29, 0.717) is 11.8 Å². The van der Waals surface area contributed by atoms with Crippen molar-refractivity contribution in [1.82, 2.24) is 0 Å². The molecule has 22 heavy (non-hydrogen) atoms. The van der Waals surface area contributed by atoms with E-state index >= 15 is 0 Å². The Morgan fingerprint density at radius 3 is 1.09 bits per heavy atom. The maximum atomic E-state index is 4.54. The average molecular weight is 300 g/mol. The second kappa shape index (κ2) is 5.10. The number of nitrogens with zero attached hydrogens (tertiary/aromatic N) is 4. The lowest BCUT2D eigenvalue weighted by Gasteiger charge is -2.42. The highest BCUT2D eigenvalue weighted by Gasteiger charge is 2.45. The van der Waals surface area contributed by atoms with Gasteiger partial charge >= 0.3 is 0 Å². The van der Waals surface area contributed by atoms with Crippen LogP contribution >= 0.6 is 0 Å². The molecule has 0 N–H and O–H groups in total. The summed E-state index contributed by atoms with van der Waals surface area (Å²) in [6.07, 6.45) is 4.43. The van der Waals surface area contributed by atoms with Crippen molar-refractivity contribution < 1.29 is 0 Å². The van der Waals surface area contributed by atoms with Gasteiger partial charge in [0.25, 0.3) is 0 Å². The van der Waals surface area contributed by atoms with E-state index in [2.05, 4.69) is 61.5 Å². The molecule has 4 aliphatic heterocycles. The van der Waals surface area contributed by atoms with Crippen molar-refractivity contribution in [2.24, 2.45) is 31.8 Å². The minimum atomic E-state index is 0.0453. The highest BCUT2D eigenvalue weighted by molar-refractivity contribution is 5.99. The quantitative estimate of drug-likeness (QED) is 0.737. The third kappa shape index (κ3) is 2.68. The largest absolute Gasteiger partial charge is 0.264 e. The molecule has 4 nitrogen and oxygen atoms in total. The molecule has 2 spiro atoms. The first kappa shape index (κ1) is 15.6. The van der Waals surface area contributed by atoms with Gasteiger partial charge < -0.3 is 0 Å². The van der Waals surface area contributed by atoms with Crippen molar-refractivity contribution in [3.63, 3.8) is 0 Å². The van der Waals surface area contributed by atoms with E-state index in [0.717, 1.165) is 25.7 Å². The van der Waals surface area contributed by atoms with Crippen LogP contribution in [-0.4, -0.2) is 34.2 Å². The van der Waals surface area contributed by atoms with Crippen molar-refractivity contribution in [2.75, 3.05) is 0 Å². The molecular weight excluding hydrogens is 272 g/mol. The lowest BCUT2D eigenvalue weighted by atomic mass is 9.82. The molecular formula is C18H28N4. The summed E-state index contributed by atoms with van der Waals surface area (Å²) in [4.78, 5) is 17.9. The highest BCUT2D eigenvalue weighted by atomic mass is 15.2. The van der Waals surface area contributed by atoms with Crippen LogP contribution < -0.4 is 0 Å². The molecule has 0 radical (unpaired) electrons. The summed E-state index contributed by atoms with van der Waals surface area (Å²) < 4.78 is 0. The predicted molar refractivity (Wildman–Crippen MR) is 94.7 cm³/mol. The first-order valence-electron chi connectivity index (χ1n) is 8.50. The van der Waals surface area contributed by atoms with Crippen LogP contribution in [0.4, 0.5) is 0 Å². The lowest BCUT2D eigenvalue weighted by Crippen LogP contribution is -2.47. The van der Waals surface area contributed by atoms with E-state index in [1.807, 2.05) is 0 Å². The maximum Gasteiger partial charge on any atom is 0.160 e. The Hall–Kier alpha value is -1.32. The van der Waals surface area contributed by atoms with Crippen molar-refractivity contribution in [3.8, 4) is 0 Å². The molecule has 0 aromatic rings. The van der Waals surface area contributed by atoms with Gasteiger partial charge in [0, 0.05) is 48.5 Å². The smallest absolute Gasteiger partial charge is 0.160 e. The fraction of sp³-hybridized carbons (Fsp3) is 0.778. The molecule has 0 aromatic heterocycles. The zero-order valence-corrected chi connectivity index (χ0v) is 14.8. The zero-order chi connectivity index (χ0) is 16.1. The average Bonchev–Trinajstić information content (AvgIpc) is 2.24. The Bertz CT molecular complexity index is 555. The highest BCUT2D eigenvalue weighted by Crippen LogP contribution is 2.41. The lowest BCUT2D eigenvalue weighted by molar-refractivity contribution is 0.388. The van der Waals surface area contributed by atoms with Crippen LogP contribution in [0.1, 0.15) is 67.2 Å². The maximum absolute atomic E-state index is 4.54. The Kier molecular flexibility index (Phi) is 3.61. The van der Waals surface area contributed by atoms with Crippen LogP contribution in [0.2, 0.25) is 0 Å². The SMILES string of the molecule is CC1=NC2(C1)CC(C(C)C)=N2.CC1=NC2(C1)CC(C(C)C)=N2. The Morgan fingerprint density at radius 2 is 0.909 bits per heavy atom. The third-order valence-corrected chi connectivity index (χ3v) is 4.84. The second-order valence-electron chi connectivity index (χ2n) is 7.88. The summed E-state index contributed by atoms with van der Waals surface area (Å²) in [5.74, 6) is 1.24. The van der Waals surface area contributed by atoms with Gasteiger partial charge in [-0.2, -0.15) is 0 Å². The van der Waals surface area contributed by atoms with Crippen molar-refractivity contribution in [2.45, 2.75) is 78.6 Å². The van der Waals surface area contributed by atoms with Crippen LogP contribution in [0, 0.1) is 11.8 Å². The van der Waals surface area contributed by atoms with Gasteiger partial charge in [-0.25, -0.2) is 0 Å². The van der Waals surface area contributed by atoms with Gasteiger partial charge in [-0.3, -0.25) is 20.0 Å². The number of rotatable bonds is 2. The summed E-state index contributed by atoms with van der Waals surface area (Å²) in [6, 6.07) is 0. The first-order chi connectivity index (χ1) is 10.2. The van der Waals surface area contributed by atoms with E-state index in [1.54, 1.807) is 0 Å². The van der Waals surface area contributed by atoms with E-state index < -0.39 is 0 Å². The van der Waals surface area contributed by atoms with E-state index in [9.17, 15) is 0 Å². The van der Waals surface area contributed by atoms with Gasteiger partial charge in [0.2, 0.25) is 0 Å². The number of hydrogen-bond acceptors (Lipinski definition) is 4. The molecule has 0 aliphatic carbocycles. The van der Waals surface area contributed by atoms with E-state index in [1.165, 1.54) is 22.8 Å². The Labute approximate surface area is 134 Å². The van der Waals surface area contributed by atoms with Gasteiger partial charge in [0.1, 0.15) is 0 Å². The van der Waals surface area contributed by atoms with Crippen molar-refractivity contribution >= 4 is 22.8 Å². The van der Waals surface area contributed by atoms with E-state index in [4.69, 9.17) is 0 Å². The third-order valence-electron chi connectivity index (χ3n) is 4.84. The molecule has 4 heteroatoms. The number of aliphatic imine (C=N–C) groups is 4. The predicted octanol–water partition coefficient (Wildman–Crippen LogP) is 4.10. The number of hydrogen-bond donors (Lipinski definition) is 0. The second-order valence-corrected chi connectivity index (χ2v) is 7.88. The fourth-order valence-electron chi connectivity index (χ4n) is 3.60. The van der Waals surface area contributed by atoms with E-state index in [-0.39, 0.29) is 11.3 Å². The van der Waals surface area contributed by atoms with Crippen LogP contribution in [0.5, 0.6) is 0 Å². The van der Waals surface area contributed by atoms with Crippen LogP contribution in [0.15, 0.2) is 20.0 Å². The summed E-state index contributed by atoms with van der Waals surface area (Å²) in [7, 11) is 0. The van der Waals surface area contributed by atoms with Crippen molar-refractivity contribution in [3.05, 3.63) is 0 Å². The summed E-state index contributed by atoms with van der Waals surface area (Å²) in [5, 5.41) is 0.